The number of sulfonamides is 1. The summed E-state index contributed by atoms with van der Waals surface area (Å²) in [5, 5.41) is 3.16. The fourth-order valence-electron chi connectivity index (χ4n) is 2.42. The van der Waals surface area contributed by atoms with Gasteiger partial charge in [-0.25, -0.2) is 12.8 Å². The number of carbonyl (C=O) groups is 1. The second-order valence-corrected chi connectivity index (χ2v) is 8.70. The molecule has 0 aromatic heterocycles. The van der Waals surface area contributed by atoms with Crippen molar-refractivity contribution >= 4 is 44.8 Å². The van der Waals surface area contributed by atoms with Gasteiger partial charge in [0.1, 0.15) is 12.4 Å². The normalized spacial score (nSPS) is 11.3. The number of carbonyl (C=O) groups excluding carboxylic acids is 1. The van der Waals surface area contributed by atoms with Gasteiger partial charge in [0.25, 0.3) is 0 Å². The van der Waals surface area contributed by atoms with Gasteiger partial charge in [0, 0.05) is 11.6 Å². The largest absolute Gasteiger partial charge is 0.355 e. The summed E-state index contributed by atoms with van der Waals surface area (Å²) in [5.74, 6) is -0.761. The summed E-state index contributed by atoms with van der Waals surface area (Å²) in [6, 6.07) is 10.5. The summed E-state index contributed by atoms with van der Waals surface area (Å²) in [4.78, 5) is 12.2. The third-order valence-electron chi connectivity index (χ3n) is 3.74. The minimum absolute atomic E-state index is 0.146. The van der Waals surface area contributed by atoms with Crippen LogP contribution in [0.3, 0.4) is 0 Å². The molecular weight excluding hydrogens is 414 g/mol. The molecule has 0 spiro atoms. The molecule has 0 atom stereocenters. The first-order valence-corrected chi connectivity index (χ1v) is 10.7. The zero-order valence-corrected chi connectivity index (χ0v) is 16.9. The number of hydrogen-bond donors (Lipinski definition) is 1. The molecule has 2 aromatic carbocycles. The van der Waals surface area contributed by atoms with Crippen LogP contribution < -0.4 is 9.62 Å². The van der Waals surface area contributed by atoms with Crippen molar-refractivity contribution in [2.24, 2.45) is 0 Å². The lowest BCUT2D eigenvalue weighted by atomic mass is 10.1. The number of amides is 1. The predicted octanol–water partition coefficient (Wildman–Crippen LogP) is 3.65. The van der Waals surface area contributed by atoms with E-state index in [1.165, 1.54) is 30.3 Å². The average molecular weight is 433 g/mol. The van der Waals surface area contributed by atoms with Crippen LogP contribution in [0.25, 0.3) is 0 Å². The van der Waals surface area contributed by atoms with Gasteiger partial charge in [-0.15, -0.1) is 0 Å². The van der Waals surface area contributed by atoms with Crippen LogP contribution >= 0.6 is 23.2 Å². The molecular formula is C18H19Cl2FN2O3S. The molecule has 5 nitrogen and oxygen atoms in total. The van der Waals surface area contributed by atoms with Gasteiger partial charge in [-0.2, -0.15) is 0 Å². The van der Waals surface area contributed by atoms with Crippen molar-refractivity contribution in [3.63, 3.8) is 0 Å². The third kappa shape index (κ3) is 6.68. The smallest absolute Gasteiger partial charge is 0.240 e. The molecule has 0 unspecified atom stereocenters. The van der Waals surface area contributed by atoms with Crippen molar-refractivity contribution in [1.82, 2.24) is 5.32 Å². The van der Waals surface area contributed by atoms with E-state index in [0.29, 0.717) is 24.4 Å². The van der Waals surface area contributed by atoms with Crippen LogP contribution in [0, 0.1) is 5.82 Å². The topological polar surface area (TPSA) is 66.5 Å². The first kappa shape index (κ1) is 21.5. The van der Waals surface area contributed by atoms with Crippen LogP contribution in [0.5, 0.6) is 0 Å². The van der Waals surface area contributed by atoms with Gasteiger partial charge in [-0.3, -0.25) is 9.10 Å². The summed E-state index contributed by atoms with van der Waals surface area (Å²) >= 11 is 12.0. The molecule has 0 aliphatic rings. The average Bonchev–Trinajstić information content (AvgIpc) is 2.59. The number of aryl methyl sites for hydroxylation is 1. The zero-order chi connectivity index (χ0) is 20.0. The molecule has 0 aliphatic carbocycles. The van der Waals surface area contributed by atoms with Crippen molar-refractivity contribution < 1.29 is 17.6 Å². The van der Waals surface area contributed by atoms with Crippen molar-refractivity contribution in [1.29, 1.82) is 0 Å². The first-order chi connectivity index (χ1) is 12.7. The van der Waals surface area contributed by atoms with Crippen LogP contribution in [0.15, 0.2) is 42.5 Å². The lowest BCUT2D eigenvalue weighted by Crippen LogP contribution is -2.40. The molecule has 0 saturated heterocycles. The minimum atomic E-state index is -3.74. The maximum atomic E-state index is 12.9. The van der Waals surface area contributed by atoms with E-state index in [9.17, 15) is 17.6 Å². The third-order valence-corrected chi connectivity index (χ3v) is 5.42. The fourth-order valence-corrected chi connectivity index (χ4v) is 3.71. The highest BCUT2D eigenvalue weighted by Crippen LogP contribution is 2.30. The van der Waals surface area contributed by atoms with Gasteiger partial charge < -0.3 is 5.32 Å². The van der Waals surface area contributed by atoms with Gasteiger partial charge in [0.15, 0.2) is 0 Å². The minimum Gasteiger partial charge on any atom is -0.355 e. The van der Waals surface area contributed by atoms with Gasteiger partial charge in [0.2, 0.25) is 15.9 Å². The molecule has 0 bridgehead atoms. The van der Waals surface area contributed by atoms with Gasteiger partial charge in [-0.05, 0) is 48.7 Å². The Morgan fingerprint density at radius 2 is 1.81 bits per heavy atom. The molecule has 27 heavy (non-hydrogen) atoms. The zero-order valence-electron chi connectivity index (χ0n) is 14.6. The summed E-state index contributed by atoms with van der Waals surface area (Å²) in [7, 11) is -3.74. The highest BCUT2D eigenvalue weighted by atomic mass is 35.5. The van der Waals surface area contributed by atoms with E-state index in [-0.39, 0.29) is 16.5 Å². The molecule has 0 saturated carbocycles. The Morgan fingerprint density at radius 1 is 1.15 bits per heavy atom. The maximum absolute atomic E-state index is 12.9. The number of halogens is 3. The molecule has 0 radical (unpaired) electrons. The molecule has 0 fully saturated rings. The van der Waals surface area contributed by atoms with Crippen molar-refractivity contribution in [3.8, 4) is 0 Å². The Bertz CT molecular complexity index is 905. The SMILES string of the molecule is CS(=O)(=O)N(CC(=O)NCCCc1ccc(F)cc1)c1cc(Cl)ccc1Cl. The Labute approximate surface area is 168 Å². The van der Waals surface area contributed by atoms with E-state index in [1.807, 2.05) is 0 Å². The molecule has 0 heterocycles. The van der Waals surface area contributed by atoms with Crippen LogP contribution in [0.4, 0.5) is 10.1 Å². The fraction of sp³-hybridized carbons (Fsp3) is 0.278. The molecule has 1 amide bonds. The first-order valence-electron chi connectivity index (χ1n) is 8.11. The molecule has 146 valence electrons. The maximum Gasteiger partial charge on any atom is 0.240 e. The Morgan fingerprint density at radius 3 is 2.44 bits per heavy atom. The number of benzene rings is 2. The van der Waals surface area contributed by atoms with Crippen molar-refractivity contribution in [2.75, 3.05) is 23.7 Å². The number of rotatable bonds is 8. The lowest BCUT2D eigenvalue weighted by molar-refractivity contribution is -0.119. The van der Waals surface area contributed by atoms with Crippen LogP contribution in [-0.2, 0) is 21.2 Å². The van der Waals surface area contributed by atoms with Crippen molar-refractivity contribution in [3.05, 3.63) is 63.9 Å². The molecule has 9 heteroatoms. The highest BCUT2D eigenvalue weighted by molar-refractivity contribution is 7.92. The quantitative estimate of drug-likeness (QED) is 0.647. The van der Waals surface area contributed by atoms with Gasteiger partial charge in [0.05, 0.1) is 17.0 Å². The summed E-state index contributed by atoms with van der Waals surface area (Å²) < 4.78 is 38.0. The number of nitrogens with one attached hydrogen (secondary N) is 1. The van der Waals surface area contributed by atoms with E-state index in [1.54, 1.807) is 12.1 Å². The summed E-state index contributed by atoms with van der Waals surface area (Å²) in [6.07, 6.45) is 2.29. The molecule has 0 aliphatic heterocycles. The number of nitrogens with zero attached hydrogens (tertiary/aromatic N) is 1. The van der Waals surface area contributed by atoms with Crippen LogP contribution in [-0.4, -0.2) is 33.7 Å². The van der Waals surface area contributed by atoms with E-state index in [4.69, 9.17) is 23.2 Å². The van der Waals surface area contributed by atoms with Crippen LogP contribution in [0.1, 0.15) is 12.0 Å². The number of hydrogen-bond acceptors (Lipinski definition) is 3. The molecule has 1 N–H and O–H groups in total. The Balaban J connectivity index is 1.94. The Kier molecular flexibility index (Phi) is 7.47. The Hall–Kier alpha value is -1.83. The molecule has 2 aromatic rings. The second kappa shape index (κ2) is 9.39. The van der Waals surface area contributed by atoms with E-state index in [0.717, 1.165) is 16.1 Å². The summed E-state index contributed by atoms with van der Waals surface area (Å²) in [6.45, 7) is -0.0491. The van der Waals surface area contributed by atoms with E-state index >= 15 is 0 Å². The van der Waals surface area contributed by atoms with Crippen molar-refractivity contribution in [2.45, 2.75) is 12.8 Å². The van der Waals surface area contributed by atoms with Gasteiger partial charge >= 0.3 is 0 Å². The van der Waals surface area contributed by atoms with Gasteiger partial charge in [-0.1, -0.05) is 35.3 Å². The van der Waals surface area contributed by atoms with E-state index in [2.05, 4.69) is 5.32 Å². The predicted molar refractivity (Wildman–Crippen MR) is 106 cm³/mol. The standard InChI is InChI=1S/C18H19Cl2FN2O3S/c1-27(25,26)23(17-11-14(19)6-9-16(17)20)12-18(24)22-10-2-3-13-4-7-15(21)8-5-13/h4-9,11H,2-3,10,12H2,1H3,(H,22,24). The van der Waals surface area contributed by atoms with Crippen LogP contribution in [0.2, 0.25) is 10.0 Å². The van der Waals surface area contributed by atoms with E-state index < -0.39 is 22.5 Å². The monoisotopic (exact) mass is 432 g/mol. The molecule has 2 rings (SSSR count). The number of anilines is 1. The highest BCUT2D eigenvalue weighted by Gasteiger charge is 2.23. The second-order valence-electron chi connectivity index (χ2n) is 5.95. The summed E-state index contributed by atoms with van der Waals surface area (Å²) in [5.41, 5.74) is 1.10. The lowest BCUT2D eigenvalue weighted by Gasteiger charge is -2.23.